The van der Waals surface area contributed by atoms with Crippen molar-refractivity contribution in [2.24, 2.45) is 0 Å². The molecule has 0 saturated heterocycles. The van der Waals surface area contributed by atoms with E-state index in [1.54, 1.807) is 0 Å². The second-order valence-electron chi connectivity index (χ2n) is 12.3. The summed E-state index contributed by atoms with van der Waals surface area (Å²) in [5.41, 5.74) is 13.1. The van der Waals surface area contributed by atoms with Crippen molar-refractivity contribution in [3.8, 4) is 61.8 Å². The van der Waals surface area contributed by atoms with Gasteiger partial charge in [-0.3, -0.25) is 0 Å². The zero-order valence-corrected chi connectivity index (χ0v) is 26.7. The van der Waals surface area contributed by atoms with Crippen molar-refractivity contribution in [1.82, 2.24) is 14.5 Å². The van der Waals surface area contributed by atoms with E-state index in [1.807, 2.05) is 36.4 Å². The standard InChI is InChI=1S/C46H31N3/c1-4-14-32(15-5-1)37-28-38(30-39(29-37)49-44-22-12-10-20-40(44)41-21-11-13-23-45(41)49)33-24-26-35(27-25-33)43-31-42(34-16-6-2-7-17-34)47-46(48-43)36-18-8-3-9-19-36/h1-31H. The fraction of sp³-hybridized carbons (Fsp3) is 0. The summed E-state index contributed by atoms with van der Waals surface area (Å²) in [6.07, 6.45) is 0. The number of hydrogen-bond donors (Lipinski definition) is 0. The van der Waals surface area contributed by atoms with Crippen LogP contribution in [0, 0.1) is 0 Å². The van der Waals surface area contributed by atoms with Gasteiger partial charge < -0.3 is 4.57 Å². The molecule has 0 saturated carbocycles. The van der Waals surface area contributed by atoms with E-state index in [1.165, 1.54) is 32.9 Å². The number of fused-ring (bicyclic) bond motifs is 3. The smallest absolute Gasteiger partial charge is 0.160 e. The largest absolute Gasteiger partial charge is 0.309 e. The summed E-state index contributed by atoms with van der Waals surface area (Å²) in [6, 6.07) is 66.3. The van der Waals surface area contributed by atoms with Gasteiger partial charge in [-0.05, 0) is 58.7 Å². The Balaban J connectivity index is 1.18. The van der Waals surface area contributed by atoms with Gasteiger partial charge >= 0.3 is 0 Å². The van der Waals surface area contributed by atoms with Crippen molar-refractivity contribution in [3.05, 3.63) is 188 Å². The Labute approximate surface area is 285 Å². The molecule has 0 amide bonds. The van der Waals surface area contributed by atoms with Gasteiger partial charge in [-0.25, -0.2) is 9.97 Å². The van der Waals surface area contributed by atoms with Crippen LogP contribution in [0.4, 0.5) is 0 Å². The van der Waals surface area contributed by atoms with Gasteiger partial charge in [0, 0.05) is 33.2 Å². The third kappa shape index (κ3) is 5.38. The molecule has 0 radical (unpaired) electrons. The van der Waals surface area contributed by atoms with Crippen molar-refractivity contribution in [2.75, 3.05) is 0 Å². The van der Waals surface area contributed by atoms with Crippen LogP contribution in [0.15, 0.2) is 188 Å². The highest BCUT2D eigenvalue weighted by atomic mass is 15.0. The van der Waals surface area contributed by atoms with Gasteiger partial charge in [-0.2, -0.15) is 0 Å². The minimum atomic E-state index is 0.715. The van der Waals surface area contributed by atoms with E-state index in [4.69, 9.17) is 9.97 Å². The molecule has 2 heterocycles. The predicted octanol–water partition coefficient (Wildman–Crippen LogP) is 11.9. The second-order valence-corrected chi connectivity index (χ2v) is 12.3. The van der Waals surface area contributed by atoms with Crippen molar-refractivity contribution >= 4 is 21.8 Å². The molecule has 9 aromatic rings. The molecule has 230 valence electrons. The van der Waals surface area contributed by atoms with Crippen molar-refractivity contribution in [1.29, 1.82) is 0 Å². The first-order valence-electron chi connectivity index (χ1n) is 16.6. The first kappa shape index (κ1) is 28.6. The summed E-state index contributed by atoms with van der Waals surface area (Å²) in [5.74, 6) is 0.715. The van der Waals surface area contributed by atoms with Gasteiger partial charge in [0.1, 0.15) is 0 Å². The quantitative estimate of drug-likeness (QED) is 0.184. The lowest BCUT2D eigenvalue weighted by molar-refractivity contribution is 1.18. The summed E-state index contributed by atoms with van der Waals surface area (Å²) >= 11 is 0. The maximum absolute atomic E-state index is 5.05. The van der Waals surface area contributed by atoms with Crippen LogP contribution in [0.25, 0.3) is 83.6 Å². The van der Waals surface area contributed by atoms with Crippen LogP contribution in [0.3, 0.4) is 0 Å². The Hall–Kier alpha value is -6.58. The number of rotatable bonds is 6. The second kappa shape index (κ2) is 12.2. The van der Waals surface area contributed by atoms with E-state index >= 15 is 0 Å². The number of nitrogens with zero attached hydrogens (tertiary/aromatic N) is 3. The van der Waals surface area contributed by atoms with Gasteiger partial charge in [0.05, 0.1) is 22.4 Å². The van der Waals surface area contributed by atoms with E-state index in [-0.39, 0.29) is 0 Å². The Bertz CT molecular complexity index is 2460. The molecule has 3 heteroatoms. The molecule has 49 heavy (non-hydrogen) atoms. The van der Waals surface area contributed by atoms with Gasteiger partial charge in [0.2, 0.25) is 0 Å². The topological polar surface area (TPSA) is 30.7 Å². The molecular formula is C46H31N3. The third-order valence-corrected chi connectivity index (χ3v) is 9.20. The maximum atomic E-state index is 5.05. The lowest BCUT2D eigenvalue weighted by atomic mass is 9.96. The SMILES string of the molecule is c1ccc(-c2cc(-c3ccc(-c4cc(-c5ccccc5)nc(-c5ccccc5)n4)cc3)cc(-n3c4ccccc4c4ccccc43)c2)cc1. The average Bonchev–Trinajstić information content (AvgIpc) is 3.53. The van der Waals surface area contributed by atoms with Crippen LogP contribution in [-0.4, -0.2) is 14.5 Å². The maximum Gasteiger partial charge on any atom is 0.160 e. The van der Waals surface area contributed by atoms with Gasteiger partial charge in [0.25, 0.3) is 0 Å². The molecule has 0 aliphatic rings. The van der Waals surface area contributed by atoms with E-state index in [0.29, 0.717) is 5.82 Å². The first-order chi connectivity index (χ1) is 24.3. The number of para-hydroxylation sites is 2. The Morgan fingerprint density at radius 3 is 1.27 bits per heavy atom. The van der Waals surface area contributed by atoms with Gasteiger partial charge in [-0.15, -0.1) is 0 Å². The van der Waals surface area contributed by atoms with Crippen molar-refractivity contribution in [2.45, 2.75) is 0 Å². The van der Waals surface area contributed by atoms with Crippen LogP contribution in [0.5, 0.6) is 0 Å². The molecule has 9 rings (SSSR count). The summed E-state index contributed by atoms with van der Waals surface area (Å²) in [6.45, 7) is 0. The summed E-state index contributed by atoms with van der Waals surface area (Å²) in [5, 5.41) is 2.51. The molecule has 0 spiro atoms. The Kier molecular flexibility index (Phi) is 7.14. The van der Waals surface area contributed by atoms with Gasteiger partial charge in [-0.1, -0.05) is 152 Å². The number of benzene rings is 7. The minimum Gasteiger partial charge on any atom is -0.309 e. The molecule has 2 aromatic heterocycles. The lowest BCUT2D eigenvalue weighted by Gasteiger charge is -2.14. The number of aromatic nitrogens is 3. The first-order valence-corrected chi connectivity index (χ1v) is 16.6. The Morgan fingerprint density at radius 2 is 0.714 bits per heavy atom. The molecule has 3 nitrogen and oxygen atoms in total. The van der Waals surface area contributed by atoms with Crippen LogP contribution in [0.2, 0.25) is 0 Å². The third-order valence-electron chi connectivity index (χ3n) is 9.20. The minimum absolute atomic E-state index is 0.715. The summed E-state index contributed by atoms with van der Waals surface area (Å²) < 4.78 is 2.39. The fourth-order valence-electron chi connectivity index (χ4n) is 6.81. The number of hydrogen-bond acceptors (Lipinski definition) is 2. The molecule has 0 N–H and O–H groups in total. The summed E-state index contributed by atoms with van der Waals surface area (Å²) in [7, 11) is 0. The predicted molar refractivity (Wildman–Crippen MR) is 204 cm³/mol. The van der Waals surface area contributed by atoms with E-state index < -0.39 is 0 Å². The Morgan fingerprint density at radius 1 is 0.306 bits per heavy atom. The molecule has 0 bridgehead atoms. The van der Waals surface area contributed by atoms with Crippen LogP contribution in [-0.2, 0) is 0 Å². The summed E-state index contributed by atoms with van der Waals surface area (Å²) in [4.78, 5) is 10.0. The van der Waals surface area contributed by atoms with Crippen molar-refractivity contribution in [3.63, 3.8) is 0 Å². The highest BCUT2D eigenvalue weighted by molar-refractivity contribution is 6.09. The molecule has 0 fully saturated rings. The highest BCUT2D eigenvalue weighted by Gasteiger charge is 2.15. The van der Waals surface area contributed by atoms with E-state index in [2.05, 4.69) is 156 Å². The average molecular weight is 626 g/mol. The van der Waals surface area contributed by atoms with Gasteiger partial charge in [0.15, 0.2) is 5.82 Å². The monoisotopic (exact) mass is 625 g/mol. The highest BCUT2D eigenvalue weighted by Crippen LogP contribution is 2.37. The van der Waals surface area contributed by atoms with Crippen LogP contribution in [0.1, 0.15) is 0 Å². The van der Waals surface area contributed by atoms with E-state index in [9.17, 15) is 0 Å². The fourth-order valence-corrected chi connectivity index (χ4v) is 6.81. The van der Waals surface area contributed by atoms with Crippen molar-refractivity contribution < 1.29 is 0 Å². The lowest BCUT2D eigenvalue weighted by Crippen LogP contribution is -1.96. The molecule has 0 aliphatic carbocycles. The molecular weight excluding hydrogens is 595 g/mol. The normalized spacial score (nSPS) is 11.3. The zero-order chi connectivity index (χ0) is 32.6. The molecule has 0 atom stereocenters. The zero-order valence-electron chi connectivity index (χ0n) is 26.7. The van der Waals surface area contributed by atoms with Crippen LogP contribution < -0.4 is 0 Å². The molecule has 7 aromatic carbocycles. The van der Waals surface area contributed by atoms with E-state index in [0.717, 1.165) is 44.9 Å². The molecule has 0 aliphatic heterocycles. The van der Waals surface area contributed by atoms with Crippen LogP contribution >= 0.6 is 0 Å². The molecule has 0 unspecified atom stereocenters.